The van der Waals surface area contributed by atoms with Crippen molar-refractivity contribution in [3.63, 3.8) is 0 Å². The van der Waals surface area contributed by atoms with E-state index in [1.807, 2.05) is 6.92 Å². The van der Waals surface area contributed by atoms with Crippen LogP contribution >= 0.6 is 0 Å². The van der Waals surface area contributed by atoms with Gasteiger partial charge in [-0.2, -0.15) is 0 Å². The van der Waals surface area contributed by atoms with E-state index in [0.717, 1.165) is 31.7 Å². The van der Waals surface area contributed by atoms with Crippen molar-refractivity contribution in [3.8, 4) is 0 Å². The smallest absolute Gasteiger partial charge is 0.0997 e. The highest BCUT2D eigenvalue weighted by Crippen LogP contribution is 2.26. The average Bonchev–Trinajstić information content (AvgIpc) is 2.33. The molecule has 2 rings (SSSR count). The Bertz CT molecular complexity index is 409. The number of nitrogens with zero attached hydrogens (tertiary/aromatic N) is 1. The van der Waals surface area contributed by atoms with E-state index in [0.29, 0.717) is 6.54 Å². The molecule has 0 aromatic heterocycles. The predicted octanol–water partition coefficient (Wildman–Crippen LogP) is 1.42. The lowest BCUT2D eigenvalue weighted by Gasteiger charge is -2.35. The van der Waals surface area contributed by atoms with Crippen molar-refractivity contribution >= 4 is 0 Å². The fourth-order valence-electron chi connectivity index (χ4n) is 2.71. The predicted molar refractivity (Wildman–Crippen MR) is 74.8 cm³/mol. The molecule has 3 nitrogen and oxygen atoms in total. The molecule has 2 N–H and O–H groups in total. The molecule has 0 amide bonds. The van der Waals surface area contributed by atoms with E-state index in [1.54, 1.807) is 0 Å². The SMILES string of the molecule is Cc1ccc(C)c(C(C)(O)CN2CCNCC2)c1. The Morgan fingerprint density at radius 3 is 2.61 bits per heavy atom. The van der Waals surface area contributed by atoms with E-state index in [-0.39, 0.29) is 0 Å². The van der Waals surface area contributed by atoms with Crippen LogP contribution in [0.15, 0.2) is 18.2 Å². The summed E-state index contributed by atoms with van der Waals surface area (Å²) in [5.41, 5.74) is 2.66. The standard InChI is InChI=1S/C15H24N2O/c1-12-4-5-13(2)14(10-12)15(3,18)11-17-8-6-16-7-9-17/h4-5,10,16,18H,6-9,11H2,1-3H3. The van der Waals surface area contributed by atoms with E-state index in [1.165, 1.54) is 11.1 Å². The minimum atomic E-state index is -0.770. The molecule has 1 unspecified atom stereocenters. The number of β-amino-alcohol motifs (C(OH)–C–C–N with tert-alkyl or cyclic N) is 1. The van der Waals surface area contributed by atoms with Gasteiger partial charge < -0.3 is 10.4 Å². The van der Waals surface area contributed by atoms with Crippen LogP contribution in [-0.4, -0.2) is 42.7 Å². The molecule has 0 aliphatic carbocycles. The molecule has 100 valence electrons. The van der Waals surface area contributed by atoms with Gasteiger partial charge in [0, 0.05) is 32.7 Å². The highest BCUT2D eigenvalue weighted by molar-refractivity contribution is 5.34. The van der Waals surface area contributed by atoms with Crippen LogP contribution in [0.3, 0.4) is 0 Å². The van der Waals surface area contributed by atoms with Crippen LogP contribution in [0.5, 0.6) is 0 Å². The zero-order valence-electron chi connectivity index (χ0n) is 11.7. The van der Waals surface area contributed by atoms with Gasteiger partial charge >= 0.3 is 0 Å². The first-order chi connectivity index (χ1) is 8.49. The fourth-order valence-corrected chi connectivity index (χ4v) is 2.71. The molecule has 18 heavy (non-hydrogen) atoms. The van der Waals surface area contributed by atoms with E-state index in [9.17, 15) is 5.11 Å². The monoisotopic (exact) mass is 248 g/mol. The summed E-state index contributed by atoms with van der Waals surface area (Å²) in [5.74, 6) is 0. The molecule has 0 saturated carbocycles. The second kappa shape index (κ2) is 5.39. The number of aryl methyl sites for hydroxylation is 2. The summed E-state index contributed by atoms with van der Waals surface area (Å²) in [4.78, 5) is 2.33. The molecule has 1 fully saturated rings. The Labute approximate surface area is 110 Å². The number of benzene rings is 1. The van der Waals surface area contributed by atoms with Crippen molar-refractivity contribution < 1.29 is 5.11 Å². The zero-order chi connectivity index (χ0) is 13.2. The van der Waals surface area contributed by atoms with Gasteiger partial charge in [-0.3, -0.25) is 4.90 Å². The first-order valence-electron chi connectivity index (χ1n) is 6.72. The average molecular weight is 248 g/mol. The molecule has 1 aliphatic heterocycles. The van der Waals surface area contributed by atoms with Crippen LogP contribution in [0.2, 0.25) is 0 Å². The molecule has 1 aromatic rings. The Hall–Kier alpha value is -0.900. The molecule has 1 saturated heterocycles. The third-order valence-electron chi connectivity index (χ3n) is 3.71. The van der Waals surface area contributed by atoms with Crippen molar-refractivity contribution in [2.75, 3.05) is 32.7 Å². The largest absolute Gasteiger partial charge is 0.384 e. The quantitative estimate of drug-likeness (QED) is 0.849. The van der Waals surface area contributed by atoms with E-state index in [2.05, 4.69) is 42.3 Å². The molecular formula is C15H24N2O. The maximum atomic E-state index is 10.8. The topological polar surface area (TPSA) is 35.5 Å². The van der Waals surface area contributed by atoms with Crippen LogP contribution in [0.25, 0.3) is 0 Å². The van der Waals surface area contributed by atoms with E-state index >= 15 is 0 Å². The third kappa shape index (κ3) is 3.10. The zero-order valence-corrected chi connectivity index (χ0v) is 11.7. The second-order valence-corrected chi connectivity index (χ2v) is 5.62. The molecular weight excluding hydrogens is 224 g/mol. The van der Waals surface area contributed by atoms with Gasteiger partial charge in [-0.25, -0.2) is 0 Å². The summed E-state index contributed by atoms with van der Waals surface area (Å²) in [6.45, 7) is 10.8. The molecule has 3 heteroatoms. The van der Waals surface area contributed by atoms with Gasteiger partial charge in [0.15, 0.2) is 0 Å². The summed E-state index contributed by atoms with van der Waals surface area (Å²) in [5, 5.41) is 14.1. The van der Waals surface area contributed by atoms with Crippen molar-refractivity contribution in [1.29, 1.82) is 0 Å². The van der Waals surface area contributed by atoms with Gasteiger partial charge in [-0.05, 0) is 31.9 Å². The number of piperazine rings is 1. The minimum Gasteiger partial charge on any atom is -0.384 e. The first-order valence-corrected chi connectivity index (χ1v) is 6.72. The fraction of sp³-hybridized carbons (Fsp3) is 0.600. The second-order valence-electron chi connectivity index (χ2n) is 5.62. The highest BCUT2D eigenvalue weighted by Gasteiger charge is 2.28. The maximum Gasteiger partial charge on any atom is 0.0997 e. The van der Waals surface area contributed by atoms with Gasteiger partial charge in [0.05, 0.1) is 5.60 Å². The van der Waals surface area contributed by atoms with Crippen molar-refractivity contribution in [2.24, 2.45) is 0 Å². The molecule has 0 bridgehead atoms. The number of hydrogen-bond donors (Lipinski definition) is 2. The summed E-state index contributed by atoms with van der Waals surface area (Å²) >= 11 is 0. The number of aliphatic hydroxyl groups is 1. The molecule has 1 aliphatic rings. The summed E-state index contributed by atoms with van der Waals surface area (Å²) in [6, 6.07) is 6.30. The van der Waals surface area contributed by atoms with Gasteiger partial charge in [0.1, 0.15) is 0 Å². The normalized spacial score (nSPS) is 20.7. The van der Waals surface area contributed by atoms with Crippen LogP contribution in [0.1, 0.15) is 23.6 Å². The molecule has 1 atom stereocenters. The van der Waals surface area contributed by atoms with E-state index < -0.39 is 5.60 Å². The van der Waals surface area contributed by atoms with Crippen molar-refractivity contribution in [3.05, 3.63) is 34.9 Å². The van der Waals surface area contributed by atoms with Crippen molar-refractivity contribution in [2.45, 2.75) is 26.4 Å². The lowest BCUT2D eigenvalue weighted by atomic mass is 9.90. The lowest BCUT2D eigenvalue weighted by Crippen LogP contribution is -2.48. The van der Waals surface area contributed by atoms with Crippen LogP contribution in [0, 0.1) is 13.8 Å². The Kier molecular flexibility index (Phi) is 4.05. The van der Waals surface area contributed by atoms with Gasteiger partial charge in [-0.1, -0.05) is 23.8 Å². The van der Waals surface area contributed by atoms with Gasteiger partial charge in [0.2, 0.25) is 0 Å². The minimum absolute atomic E-state index is 0.707. The molecule has 0 spiro atoms. The van der Waals surface area contributed by atoms with E-state index in [4.69, 9.17) is 0 Å². The van der Waals surface area contributed by atoms with Crippen molar-refractivity contribution in [1.82, 2.24) is 10.2 Å². The van der Waals surface area contributed by atoms with Crippen LogP contribution in [-0.2, 0) is 5.60 Å². The third-order valence-corrected chi connectivity index (χ3v) is 3.71. The maximum absolute atomic E-state index is 10.8. The first kappa shape index (κ1) is 13.5. The Balaban J connectivity index is 2.15. The summed E-state index contributed by atoms with van der Waals surface area (Å²) in [6.07, 6.45) is 0. The number of rotatable bonds is 3. The van der Waals surface area contributed by atoms with Crippen LogP contribution < -0.4 is 5.32 Å². The Morgan fingerprint density at radius 1 is 1.28 bits per heavy atom. The molecule has 0 radical (unpaired) electrons. The summed E-state index contributed by atoms with van der Waals surface area (Å²) in [7, 11) is 0. The van der Waals surface area contributed by atoms with Crippen LogP contribution in [0.4, 0.5) is 0 Å². The van der Waals surface area contributed by atoms with Gasteiger partial charge in [0.25, 0.3) is 0 Å². The highest BCUT2D eigenvalue weighted by atomic mass is 16.3. The molecule has 1 heterocycles. The number of nitrogens with one attached hydrogen (secondary N) is 1. The molecule has 1 aromatic carbocycles. The Morgan fingerprint density at radius 2 is 1.94 bits per heavy atom. The number of hydrogen-bond acceptors (Lipinski definition) is 3. The lowest BCUT2D eigenvalue weighted by molar-refractivity contribution is 0.0120. The van der Waals surface area contributed by atoms with Gasteiger partial charge in [-0.15, -0.1) is 0 Å². The summed E-state index contributed by atoms with van der Waals surface area (Å²) < 4.78 is 0.